The van der Waals surface area contributed by atoms with E-state index in [4.69, 9.17) is 0 Å². The van der Waals surface area contributed by atoms with Gasteiger partial charge in [0.25, 0.3) is 0 Å². The molecule has 2 rings (SSSR count). The van der Waals surface area contributed by atoms with Crippen LogP contribution in [-0.2, 0) is 4.79 Å². The Morgan fingerprint density at radius 1 is 1.31 bits per heavy atom. The minimum atomic E-state index is 0.0757. The van der Waals surface area contributed by atoms with Crippen molar-refractivity contribution in [3.05, 3.63) is 0 Å². The molecule has 2 fully saturated rings. The van der Waals surface area contributed by atoms with Gasteiger partial charge in [0, 0.05) is 6.54 Å². The van der Waals surface area contributed by atoms with Crippen LogP contribution >= 0.6 is 0 Å². The van der Waals surface area contributed by atoms with Crippen LogP contribution in [0.2, 0.25) is 0 Å². The summed E-state index contributed by atoms with van der Waals surface area (Å²) >= 11 is 0. The van der Waals surface area contributed by atoms with Crippen molar-refractivity contribution in [3.63, 3.8) is 0 Å². The summed E-state index contributed by atoms with van der Waals surface area (Å²) in [5.41, 5.74) is 0. The monoisotopic (exact) mass is 225 g/mol. The lowest BCUT2D eigenvalue weighted by Gasteiger charge is -2.18. The first kappa shape index (κ1) is 11.9. The summed E-state index contributed by atoms with van der Waals surface area (Å²) in [4.78, 5) is 16.3. The highest BCUT2D eigenvalue weighted by atomic mass is 16.2. The van der Waals surface area contributed by atoms with E-state index < -0.39 is 0 Å². The van der Waals surface area contributed by atoms with E-state index in [-0.39, 0.29) is 6.04 Å². The highest BCUT2D eigenvalue weighted by Gasteiger charge is 2.28. The van der Waals surface area contributed by atoms with Crippen molar-refractivity contribution in [2.75, 3.05) is 32.8 Å². The molecule has 4 heteroatoms. The summed E-state index contributed by atoms with van der Waals surface area (Å²) < 4.78 is 0. The van der Waals surface area contributed by atoms with E-state index in [1.807, 2.05) is 4.90 Å². The van der Waals surface area contributed by atoms with Gasteiger partial charge in [0.2, 0.25) is 5.91 Å². The molecule has 92 valence electrons. The first-order chi connectivity index (χ1) is 7.81. The van der Waals surface area contributed by atoms with Crippen LogP contribution in [0.4, 0.5) is 0 Å². The second-order valence-electron chi connectivity index (χ2n) is 4.83. The van der Waals surface area contributed by atoms with E-state index >= 15 is 0 Å². The van der Waals surface area contributed by atoms with Crippen molar-refractivity contribution in [3.8, 4) is 0 Å². The second-order valence-corrected chi connectivity index (χ2v) is 4.83. The van der Waals surface area contributed by atoms with E-state index in [2.05, 4.69) is 17.1 Å². The minimum Gasteiger partial charge on any atom is -0.329 e. The van der Waals surface area contributed by atoms with Gasteiger partial charge in [-0.1, -0.05) is 6.92 Å². The molecule has 2 aliphatic rings. The van der Waals surface area contributed by atoms with Gasteiger partial charge in [-0.25, -0.2) is 0 Å². The Morgan fingerprint density at radius 2 is 2.06 bits per heavy atom. The lowest BCUT2D eigenvalue weighted by atomic mass is 10.2. The van der Waals surface area contributed by atoms with Crippen LogP contribution < -0.4 is 5.32 Å². The fourth-order valence-electron chi connectivity index (χ4n) is 2.61. The maximum atomic E-state index is 11.8. The molecule has 1 amide bonds. The number of carbonyl (C=O) groups excluding carboxylic acids is 1. The summed E-state index contributed by atoms with van der Waals surface area (Å²) in [6, 6.07) is 0.0757. The third-order valence-electron chi connectivity index (χ3n) is 3.65. The van der Waals surface area contributed by atoms with E-state index in [1.165, 1.54) is 25.9 Å². The molecule has 1 atom stereocenters. The molecule has 0 aromatic heterocycles. The predicted octanol–water partition coefficient (Wildman–Crippen LogP) is 0.640. The van der Waals surface area contributed by atoms with E-state index in [0.29, 0.717) is 5.91 Å². The van der Waals surface area contributed by atoms with Crippen LogP contribution in [0.15, 0.2) is 0 Å². The normalized spacial score (nSPS) is 26.9. The van der Waals surface area contributed by atoms with Crippen LogP contribution in [0, 0.1) is 0 Å². The highest BCUT2D eigenvalue weighted by Crippen LogP contribution is 2.10. The zero-order valence-corrected chi connectivity index (χ0v) is 10.2. The summed E-state index contributed by atoms with van der Waals surface area (Å²) in [5.74, 6) is 0.295. The molecule has 2 saturated heterocycles. The van der Waals surface area contributed by atoms with Crippen molar-refractivity contribution in [1.82, 2.24) is 15.1 Å². The maximum Gasteiger partial charge on any atom is 0.240 e. The quantitative estimate of drug-likeness (QED) is 0.746. The highest BCUT2D eigenvalue weighted by molar-refractivity contribution is 5.83. The summed E-state index contributed by atoms with van der Waals surface area (Å²) in [6.07, 6.45) is 4.72. The molecule has 4 nitrogen and oxygen atoms in total. The van der Waals surface area contributed by atoms with Crippen molar-refractivity contribution in [1.29, 1.82) is 0 Å². The third-order valence-corrected chi connectivity index (χ3v) is 3.65. The Labute approximate surface area is 98.0 Å². The third kappa shape index (κ3) is 2.74. The molecule has 0 aliphatic carbocycles. The van der Waals surface area contributed by atoms with Crippen LogP contribution in [0.25, 0.3) is 0 Å². The summed E-state index contributed by atoms with van der Waals surface area (Å²) in [7, 11) is 0. The van der Waals surface area contributed by atoms with Gasteiger partial charge in [-0.05, 0) is 45.3 Å². The number of likely N-dealkylation sites (tertiary alicyclic amines) is 1. The van der Waals surface area contributed by atoms with Gasteiger partial charge in [-0.2, -0.15) is 0 Å². The molecule has 1 N–H and O–H groups in total. The molecule has 2 heterocycles. The molecule has 0 radical (unpaired) electrons. The zero-order valence-electron chi connectivity index (χ0n) is 10.2. The van der Waals surface area contributed by atoms with Crippen LogP contribution in [0.3, 0.4) is 0 Å². The Kier molecular flexibility index (Phi) is 4.18. The molecule has 0 aromatic carbocycles. The van der Waals surface area contributed by atoms with E-state index in [9.17, 15) is 4.79 Å². The lowest BCUT2D eigenvalue weighted by molar-refractivity contribution is -0.129. The standard InChI is InChI=1S/C12H23N3O/c1-2-11-12(16)15(10-13-11)9-5-8-14-6-3-4-7-14/h11,13H,2-10H2,1H3. The van der Waals surface area contributed by atoms with Crippen molar-refractivity contribution in [2.45, 2.75) is 38.6 Å². The molecule has 1 unspecified atom stereocenters. The zero-order chi connectivity index (χ0) is 11.4. The molecule has 0 spiro atoms. The average Bonchev–Trinajstić information content (AvgIpc) is 2.90. The number of amides is 1. The Hall–Kier alpha value is -0.610. The molecule has 2 aliphatic heterocycles. The van der Waals surface area contributed by atoms with E-state index in [1.54, 1.807) is 0 Å². The number of carbonyl (C=O) groups is 1. The molecular weight excluding hydrogens is 202 g/mol. The van der Waals surface area contributed by atoms with Gasteiger partial charge >= 0.3 is 0 Å². The fraction of sp³-hybridized carbons (Fsp3) is 0.917. The molecule has 0 aromatic rings. The Morgan fingerprint density at radius 3 is 2.69 bits per heavy atom. The largest absolute Gasteiger partial charge is 0.329 e. The number of rotatable bonds is 5. The first-order valence-electron chi connectivity index (χ1n) is 6.56. The fourth-order valence-corrected chi connectivity index (χ4v) is 2.61. The number of hydrogen-bond donors (Lipinski definition) is 1. The Bertz CT molecular complexity index is 238. The van der Waals surface area contributed by atoms with Crippen molar-refractivity contribution < 1.29 is 4.79 Å². The second kappa shape index (κ2) is 5.64. The lowest BCUT2D eigenvalue weighted by Crippen LogP contribution is -2.32. The number of nitrogens with one attached hydrogen (secondary N) is 1. The minimum absolute atomic E-state index is 0.0757. The SMILES string of the molecule is CCC1NCN(CCCN2CCCC2)C1=O. The smallest absolute Gasteiger partial charge is 0.240 e. The van der Waals surface area contributed by atoms with Crippen LogP contribution in [0.1, 0.15) is 32.6 Å². The van der Waals surface area contributed by atoms with Gasteiger partial charge in [-0.3, -0.25) is 10.1 Å². The van der Waals surface area contributed by atoms with Gasteiger partial charge in [0.1, 0.15) is 0 Å². The number of nitrogens with zero attached hydrogens (tertiary/aromatic N) is 2. The first-order valence-corrected chi connectivity index (χ1v) is 6.56. The van der Waals surface area contributed by atoms with Gasteiger partial charge in [0.05, 0.1) is 12.7 Å². The topological polar surface area (TPSA) is 35.6 Å². The average molecular weight is 225 g/mol. The van der Waals surface area contributed by atoms with Gasteiger partial charge in [-0.15, -0.1) is 0 Å². The predicted molar refractivity (Wildman–Crippen MR) is 64.1 cm³/mol. The van der Waals surface area contributed by atoms with Crippen LogP contribution in [-0.4, -0.2) is 54.6 Å². The molecule has 16 heavy (non-hydrogen) atoms. The van der Waals surface area contributed by atoms with Crippen molar-refractivity contribution in [2.24, 2.45) is 0 Å². The maximum absolute atomic E-state index is 11.8. The molecule has 0 bridgehead atoms. The van der Waals surface area contributed by atoms with Gasteiger partial charge < -0.3 is 9.80 Å². The Balaban J connectivity index is 1.64. The summed E-state index contributed by atoms with van der Waals surface area (Å²) in [5, 5.41) is 3.25. The van der Waals surface area contributed by atoms with Crippen LogP contribution in [0.5, 0.6) is 0 Å². The van der Waals surface area contributed by atoms with Crippen molar-refractivity contribution >= 4 is 5.91 Å². The van der Waals surface area contributed by atoms with Gasteiger partial charge in [0.15, 0.2) is 0 Å². The molecular formula is C12H23N3O. The summed E-state index contributed by atoms with van der Waals surface area (Å²) in [6.45, 7) is 7.38. The van der Waals surface area contributed by atoms with E-state index in [0.717, 1.165) is 32.6 Å². The number of hydrogen-bond acceptors (Lipinski definition) is 3. The molecule has 0 saturated carbocycles.